The van der Waals surface area contributed by atoms with Gasteiger partial charge in [0.05, 0.1) is 6.04 Å². The monoisotopic (exact) mass is 255 g/mol. The van der Waals surface area contributed by atoms with E-state index in [-0.39, 0.29) is 6.04 Å². The summed E-state index contributed by atoms with van der Waals surface area (Å²) in [5.41, 5.74) is 9.21. The fraction of sp³-hybridized carbons (Fsp3) is 0.312. The van der Waals surface area contributed by atoms with Crippen LogP contribution < -0.4 is 11.3 Å². The topological polar surface area (TPSA) is 50.9 Å². The summed E-state index contributed by atoms with van der Waals surface area (Å²) in [6.45, 7) is 6.32. The van der Waals surface area contributed by atoms with Gasteiger partial charge < -0.3 is 0 Å². The Bertz CT molecular complexity index is 564. The molecular formula is C16H21N3. The number of pyridine rings is 1. The number of benzene rings is 1. The van der Waals surface area contributed by atoms with Crippen LogP contribution in [0.1, 0.15) is 33.9 Å². The van der Waals surface area contributed by atoms with E-state index in [9.17, 15) is 0 Å². The van der Waals surface area contributed by atoms with Gasteiger partial charge in [-0.15, -0.1) is 0 Å². The number of nitrogens with one attached hydrogen (secondary N) is 1. The molecule has 1 unspecified atom stereocenters. The van der Waals surface area contributed by atoms with Gasteiger partial charge in [-0.3, -0.25) is 16.3 Å². The molecule has 3 nitrogen and oxygen atoms in total. The molecule has 0 spiro atoms. The van der Waals surface area contributed by atoms with Crippen molar-refractivity contribution < 1.29 is 0 Å². The molecule has 0 bridgehead atoms. The first-order valence-corrected chi connectivity index (χ1v) is 6.54. The van der Waals surface area contributed by atoms with Gasteiger partial charge in [-0.25, -0.2) is 0 Å². The number of nitrogens with two attached hydrogens (primary N) is 1. The van der Waals surface area contributed by atoms with Crippen molar-refractivity contribution in [1.82, 2.24) is 10.4 Å². The second-order valence-electron chi connectivity index (χ2n) is 5.09. The predicted molar refractivity (Wildman–Crippen MR) is 78.7 cm³/mol. The van der Waals surface area contributed by atoms with Crippen LogP contribution in [0.3, 0.4) is 0 Å². The van der Waals surface area contributed by atoms with Crippen molar-refractivity contribution in [3.8, 4) is 0 Å². The Labute approximate surface area is 114 Å². The van der Waals surface area contributed by atoms with Crippen molar-refractivity contribution >= 4 is 0 Å². The third kappa shape index (κ3) is 3.19. The van der Waals surface area contributed by atoms with E-state index in [0.29, 0.717) is 0 Å². The van der Waals surface area contributed by atoms with Gasteiger partial charge in [0.2, 0.25) is 0 Å². The fourth-order valence-electron chi connectivity index (χ4n) is 2.37. The van der Waals surface area contributed by atoms with Gasteiger partial charge in [0.1, 0.15) is 0 Å². The molecule has 0 saturated carbocycles. The number of hydrogen-bond donors (Lipinski definition) is 2. The SMILES string of the molecule is Cc1ccc(C)c(CC(NN)c2ccncc2C)c1. The fourth-order valence-corrected chi connectivity index (χ4v) is 2.37. The van der Waals surface area contributed by atoms with E-state index in [1.165, 1.54) is 22.3 Å². The minimum absolute atomic E-state index is 0.114. The highest BCUT2D eigenvalue weighted by molar-refractivity contribution is 5.34. The summed E-state index contributed by atoms with van der Waals surface area (Å²) in [7, 11) is 0. The smallest absolute Gasteiger partial charge is 0.0504 e. The van der Waals surface area contributed by atoms with Crippen LogP contribution in [0.15, 0.2) is 36.7 Å². The van der Waals surface area contributed by atoms with Crippen LogP contribution in [-0.2, 0) is 6.42 Å². The van der Waals surface area contributed by atoms with Crippen molar-refractivity contribution in [1.29, 1.82) is 0 Å². The molecule has 1 atom stereocenters. The van der Waals surface area contributed by atoms with Gasteiger partial charge in [-0.2, -0.15) is 0 Å². The maximum Gasteiger partial charge on any atom is 0.0504 e. The summed E-state index contributed by atoms with van der Waals surface area (Å²) < 4.78 is 0. The van der Waals surface area contributed by atoms with Gasteiger partial charge >= 0.3 is 0 Å². The van der Waals surface area contributed by atoms with Crippen LogP contribution in [-0.4, -0.2) is 4.98 Å². The van der Waals surface area contributed by atoms with Gasteiger partial charge in [-0.1, -0.05) is 23.8 Å². The molecule has 0 radical (unpaired) electrons. The maximum atomic E-state index is 5.74. The molecule has 0 aliphatic rings. The van der Waals surface area contributed by atoms with Crippen molar-refractivity contribution in [3.63, 3.8) is 0 Å². The second kappa shape index (κ2) is 5.95. The zero-order valence-electron chi connectivity index (χ0n) is 11.8. The summed E-state index contributed by atoms with van der Waals surface area (Å²) in [6.07, 6.45) is 4.58. The molecule has 2 aromatic rings. The highest BCUT2D eigenvalue weighted by Crippen LogP contribution is 2.22. The van der Waals surface area contributed by atoms with Crippen LogP contribution in [0, 0.1) is 20.8 Å². The number of hydrogen-bond acceptors (Lipinski definition) is 3. The van der Waals surface area contributed by atoms with E-state index in [2.05, 4.69) is 49.4 Å². The normalized spacial score (nSPS) is 12.4. The van der Waals surface area contributed by atoms with Crippen LogP contribution in [0.25, 0.3) is 0 Å². The van der Waals surface area contributed by atoms with E-state index < -0.39 is 0 Å². The summed E-state index contributed by atoms with van der Waals surface area (Å²) in [4.78, 5) is 4.13. The standard InChI is InChI=1S/C16H21N3/c1-11-4-5-12(2)14(8-11)9-16(19-17)15-6-7-18-10-13(15)3/h4-8,10,16,19H,9,17H2,1-3H3. The molecule has 3 N–H and O–H groups in total. The third-order valence-electron chi connectivity index (χ3n) is 3.57. The van der Waals surface area contributed by atoms with Crippen LogP contribution in [0.4, 0.5) is 0 Å². The molecule has 0 aliphatic carbocycles. The molecule has 0 saturated heterocycles. The number of rotatable bonds is 4. The first kappa shape index (κ1) is 13.7. The van der Waals surface area contributed by atoms with Gasteiger partial charge in [0, 0.05) is 12.4 Å². The zero-order valence-corrected chi connectivity index (χ0v) is 11.8. The number of hydrazine groups is 1. The Kier molecular flexibility index (Phi) is 4.30. The lowest BCUT2D eigenvalue weighted by atomic mass is 9.94. The Morgan fingerprint density at radius 2 is 1.95 bits per heavy atom. The molecule has 0 fully saturated rings. The van der Waals surface area contributed by atoms with Crippen molar-refractivity contribution in [2.75, 3.05) is 0 Å². The second-order valence-corrected chi connectivity index (χ2v) is 5.09. The average molecular weight is 255 g/mol. The lowest BCUT2D eigenvalue weighted by Crippen LogP contribution is -2.30. The maximum absolute atomic E-state index is 5.74. The zero-order chi connectivity index (χ0) is 13.8. The lowest BCUT2D eigenvalue weighted by molar-refractivity contribution is 0.547. The molecule has 0 aliphatic heterocycles. The highest BCUT2D eigenvalue weighted by atomic mass is 15.2. The van der Waals surface area contributed by atoms with Crippen LogP contribution >= 0.6 is 0 Å². The molecule has 0 amide bonds. The quantitative estimate of drug-likeness (QED) is 0.652. The molecule has 1 heterocycles. The Hall–Kier alpha value is -1.71. The molecule has 100 valence electrons. The lowest BCUT2D eigenvalue weighted by Gasteiger charge is -2.19. The van der Waals surface area contributed by atoms with E-state index in [0.717, 1.165) is 12.0 Å². The first-order chi connectivity index (χ1) is 9.11. The summed E-state index contributed by atoms with van der Waals surface area (Å²) in [5.74, 6) is 5.74. The van der Waals surface area contributed by atoms with Crippen molar-refractivity contribution in [3.05, 3.63) is 64.5 Å². The van der Waals surface area contributed by atoms with Gasteiger partial charge in [0.25, 0.3) is 0 Å². The molecule has 1 aromatic heterocycles. The number of aromatic nitrogens is 1. The molecule has 3 heteroatoms. The van der Waals surface area contributed by atoms with E-state index in [1.54, 1.807) is 0 Å². The summed E-state index contributed by atoms with van der Waals surface area (Å²) in [5, 5.41) is 0. The molecule has 1 aromatic carbocycles. The van der Waals surface area contributed by atoms with E-state index >= 15 is 0 Å². The average Bonchev–Trinajstić information content (AvgIpc) is 2.41. The first-order valence-electron chi connectivity index (χ1n) is 6.54. The predicted octanol–water partition coefficient (Wildman–Crippen LogP) is 2.75. The number of aryl methyl sites for hydroxylation is 3. The minimum atomic E-state index is 0.114. The molecule has 2 rings (SSSR count). The van der Waals surface area contributed by atoms with Crippen LogP contribution in [0.5, 0.6) is 0 Å². The largest absolute Gasteiger partial charge is 0.271 e. The van der Waals surface area contributed by atoms with Crippen molar-refractivity contribution in [2.24, 2.45) is 5.84 Å². The van der Waals surface area contributed by atoms with Crippen LogP contribution in [0.2, 0.25) is 0 Å². The third-order valence-corrected chi connectivity index (χ3v) is 3.57. The Morgan fingerprint density at radius 3 is 2.63 bits per heavy atom. The van der Waals surface area contributed by atoms with E-state index in [4.69, 9.17) is 5.84 Å². The highest BCUT2D eigenvalue weighted by Gasteiger charge is 2.14. The van der Waals surface area contributed by atoms with Gasteiger partial charge in [0.15, 0.2) is 0 Å². The van der Waals surface area contributed by atoms with Gasteiger partial charge in [-0.05, 0) is 55.5 Å². The molecular weight excluding hydrogens is 234 g/mol. The van der Waals surface area contributed by atoms with E-state index in [1.807, 2.05) is 18.5 Å². The minimum Gasteiger partial charge on any atom is -0.271 e. The Balaban J connectivity index is 2.29. The Morgan fingerprint density at radius 1 is 1.16 bits per heavy atom. The summed E-state index contributed by atoms with van der Waals surface area (Å²) in [6, 6.07) is 8.68. The summed E-state index contributed by atoms with van der Waals surface area (Å²) >= 11 is 0. The molecule has 19 heavy (non-hydrogen) atoms. The van der Waals surface area contributed by atoms with Crippen molar-refractivity contribution in [2.45, 2.75) is 33.2 Å². The number of nitrogens with zero attached hydrogens (tertiary/aromatic N) is 1.